The highest BCUT2D eigenvalue weighted by Gasteiger charge is 2.17. The Morgan fingerprint density at radius 3 is 2.52 bits per heavy atom. The number of ether oxygens (including phenoxy) is 2. The lowest BCUT2D eigenvalue weighted by molar-refractivity contribution is -0.128. The number of carbonyl (C=O) groups is 2. The molecule has 0 fully saturated rings. The molecule has 0 aliphatic rings. The van der Waals surface area contributed by atoms with Crippen LogP contribution in [0.15, 0.2) is 46.9 Å². The van der Waals surface area contributed by atoms with Crippen molar-refractivity contribution in [3.05, 3.63) is 58.3 Å². The minimum absolute atomic E-state index is 0.221. The second-order valence-corrected chi connectivity index (χ2v) is 5.92. The van der Waals surface area contributed by atoms with Gasteiger partial charge in [0.05, 0.1) is 12.7 Å². The predicted octanol–water partition coefficient (Wildman–Crippen LogP) is 2.83. The second kappa shape index (κ2) is 8.48. The van der Waals surface area contributed by atoms with Crippen molar-refractivity contribution in [3.8, 4) is 11.5 Å². The van der Waals surface area contributed by atoms with Gasteiger partial charge in [0.1, 0.15) is 17.3 Å². The molecule has 2 aromatic rings. The van der Waals surface area contributed by atoms with Crippen LogP contribution in [0.2, 0.25) is 0 Å². The molecule has 0 saturated carbocycles. The fourth-order valence-electron chi connectivity index (χ4n) is 1.89. The summed E-state index contributed by atoms with van der Waals surface area (Å²) in [7, 11) is 1.39. The van der Waals surface area contributed by atoms with E-state index in [1.165, 1.54) is 26.2 Å². The van der Waals surface area contributed by atoms with Crippen molar-refractivity contribution in [1.82, 2.24) is 10.9 Å². The van der Waals surface area contributed by atoms with Crippen molar-refractivity contribution < 1.29 is 23.5 Å². The van der Waals surface area contributed by atoms with Gasteiger partial charge in [-0.2, -0.15) is 0 Å². The topological polar surface area (TPSA) is 76.7 Å². The van der Waals surface area contributed by atoms with Crippen LogP contribution in [0.4, 0.5) is 4.39 Å². The van der Waals surface area contributed by atoms with Crippen LogP contribution in [0, 0.1) is 5.82 Å². The van der Waals surface area contributed by atoms with Crippen LogP contribution in [0.25, 0.3) is 0 Å². The maximum Gasteiger partial charge on any atom is 0.279 e. The maximum atomic E-state index is 13.8. The monoisotopic (exact) mass is 410 g/mol. The van der Waals surface area contributed by atoms with Crippen LogP contribution in [0.1, 0.15) is 17.3 Å². The highest BCUT2D eigenvalue weighted by atomic mass is 79.9. The van der Waals surface area contributed by atoms with E-state index in [1.807, 2.05) is 6.07 Å². The zero-order valence-corrected chi connectivity index (χ0v) is 15.1. The first-order valence-corrected chi connectivity index (χ1v) is 8.06. The highest BCUT2D eigenvalue weighted by molar-refractivity contribution is 9.10. The zero-order valence-electron chi connectivity index (χ0n) is 13.5. The van der Waals surface area contributed by atoms with Gasteiger partial charge in [0.25, 0.3) is 11.8 Å². The molecule has 0 aliphatic heterocycles. The fourth-order valence-corrected chi connectivity index (χ4v) is 2.27. The van der Waals surface area contributed by atoms with E-state index in [-0.39, 0.29) is 11.3 Å². The second-order valence-electron chi connectivity index (χ2n) is 5.01. The fraction of sp³-hybridized carbons (Fsp3) is 0.176. The summed E-state index contributed by atoms with van der Waals surface area (Å²) < 4.78 is 24.9. The minimum atomic E-state index is -0.865. The Balaban J connectivity index is 1.91. The van der Waals surface area contributed by atoms with Crippen molar-refractivity contribution in [3.63, 3.8) is 0 Å². The molecule has 8 heteroatoms. The molecule has 132 valence electrons. The van der Waals surface area contributed by atoms with Gasteiger partial charge in [0.2, 0.25) is 0 Å². The summed E-state index contributed by atoms with van der Waals surface area (Å²) in [5.41, 5.74) is 4.12. The summed E-state index contributed by atoms with van der Waals surface area (Å²) in [5.74, 6) is -1.35. The Morgan fingerprint density at radius 2 is 1.88 bits per heavy atom. The number of halogens is 2. The smallest absolute Gasteiger partial charge is 0.279 e. The van der Waals surface area contributed by atoms with Gasteiger partial charge in [-0.15, -0.1) is 0 Å². The SMILES string of the molecule is COc1ccc(C(=O)NNC(=O)[C@H](C)Oc2cccc(Br)c2)c(F)c1. The molecule has 2 N–H and O–H groups in total. The lowest BCUT2D eigenvalue weighted by Gasteiger charge is -2.15. The lowest BCUT2D eigenvalue weighted by atomic mass is 10.2. The van der Waals surface area contributed by atoms with Crippen LogP contribution in [0.5, 0.6) is 11.5 Å². The van der Waals surface area contributed by atoms with Gasteiger partial charge in [-0.25, -0.2) is 4.39 Å². The van der Waals surface area contributed by atoms with Crippen molar-refractivity contribution in [2.45, 2.75) is 13.0 Å². The number of hydrazine groups is 1. The van der Waals surface area contributed by atoms with Crippen LogP contribution in [0.3, 0.4) is 0 Å². The number of rotatable bonds is 5. The average molecular weight is 411 g/mol. The first-order chi connectivity index (χ1) is 11.9. The molecular formula is C17H16BrFN2O4. The largest absolute Gasteiger partial charge is 0.497 e. The third-order valence-corrected chi connectivity index (χ3v) is 3.69. The molecule has 2 rings (SSSR count). The summed E-state index contributed by atoms with van der Waals surface area (Å²) in [5, 5.41) is 0. The number of carbonyl (C=O) groups excluding carboxylic acids is 2. The first-order valence-electron chi connectivity index (χ1n) is 7.26. The molecule has 6 nitrogen and oxygen atoms in total. The maximum absolute atomic E-state index is 13.8. The summed E-state index contributed by atoms with van der Waals surface area (Å²) in [4.78, 5) is 23.9. The van der Waals surface area contributed by atoms with Crippen LogP contribution in [-0.4, -0.2) is 25.0 Å². The minimum Gasteiger partial charge on any atom is -0.497 e. The lowest BCUT2D eigenvalue weighted by Crippen LogP contribution is -2.47. The van der Waals surface area contributed by atoms with Crippen LogP contribution >= 0.6 is 15.9 Å². The highest BCUT2D eigenvalue weighted by Crippen LogP contribution is 2.19. The van der Waals surface area contributed by atoms with E-state index in [1.54, 1.807) is 18.2 Å². The molecule has 0 unspecified atom stereocenters. The Labute approximate surface area is 152 Å². The van der Waals surface area contributed by atoms with Gasteiger partial charge in [-0.1, -0.05) is 22.0 Å². The molecule has 0 bridgehead atoms. The van der Waals surface area contributed by atoms with Crippen molar-refractivity contribution in [1.29, 1.82) is 0 Å². The van der Waals surface area contributed by atoms with E-state index in [0.29, 0.717) is 5.75 Å². The average Bonchev–Trinajstić information content (AvgIpc) is 2.59. The van der Waals surface area contributed by atoms with E-state index in [9.17, 15) is 14.0 Å². The van der Waals surface area contributed by atoms with Crippen molar-refractivity contribution in [2.75, 3.05) is 7.11 Å². The Bertz CT molecular complexity index is 785. The molecule has 0 heterocycles. The summed E-state index contributed by atoms with van der Waals surface area (Å²) in [6.45, 7) is 1.52. The third-order valence-electron chi connectivity index (χ3n) is 3.20. The number of nitrogens with one attached hydrogen (secondary N) is 2. The van der Waals surface area contributed by atoms with Gasteiger partial charge < -0.3 is 9.47 Å². The van der Waals surface area contributed by atoms with Gasteiger partial charge in [0.15, 0.2) is 6.10 Å². The normalized spacial score (nSPS) is 11.4. The van der Waals surface area contributed by atoms with E-state index in [2.05, 4.69) is 26.8 Å². The molecular weight excluding hydrogens is 395 g/mol. The molecule has 2 amide bonds. The third kappa shape index (κ3) is 5.18. The van der Waals surface area contributed by atoms with Crippen molar-refractivity contribution in [2.24, 2.45) is 0 Å². The number of methoxy groups -OCH3 is 1. The van der Waals surface area contributed by atoms with Gasteiger partial charge in [0, 0.05) is 10.5 Å². The van der Waals surface area contributed by atoms with Gasteiger partial charge in [-0.3, -0.25) is 20.4 Å². The summed E-state index contributed by atoms with van der Waals surface area (Å²) in [6, 6.07) is 10.8. The molecule has 0 aliphatic carbocycles. The van der Waals surface area contributed by atoms with E-state index in [4.69, 9.17) is 9.47 Å². The number of amides is 2. The molecule has 0 spiro atoms. The Hall–Kier alpha value is -2.61. The van der Waals surface area contributed by atoms with Gasteiger partial charge in [-0.05, 0) is 37.3 Å². The molecule has 2 aromatic carbocycles. The van der Waals surface area contributed by atoms with E-state index in [0.717, 1.165) is 10.5 Å². The molecule has 0 aromatic heterocycles. The molecule has 0 saturated heterocycles. The summed E-state index contributed by atoms with van der Waals surface area (Å²) >= 11 is 3.30. The van der Waals surface area contributed by atoms with Crippen LogP contribution in [-0.2, 0) is 4.79 Å². The molecule has 25 heavy (non-hydrogen) atoms. The number of benzene rings is 2. The first kappa shape index (κ1) is 18.7. The predicted molar refractivity (Wildman–Crippen MR) is 92.8 cm³/mol. The number of hydrogen-bond donors (Lipinski definition) is 2. The molecule has 1 atom stereocenters. The summed E-state index contributed by atoms with van der Waals surface area (Å²) in [6.07, 6.45) is -0.865. The number of hydrogen-bond acceptors (Lipinski definition) is 4. The van der Waals surface area contributed by atoms with E-state index < -0.39 is 23.7 Å². The Kier molecular flexibility index (Phi) is 6.35. The van der Waals surface area contributed by atoms with Crippen LogP contribution < -0.4 is 20.3 Å². The van der Waals surface area contributed by atoms with Gasteiger partial charge >= 0.3 is 0 Å². The molecule has 0 radical (unpaired) electrons. The Morgan fingerprint density at radius 1 is 1.12 bits per heavy atom. The standard InChI is InChI=1S/C17H16BrFN2O4/c1-10(25-13-5-3-4-11(18)8-13)16(22)20-21-17(23)14-7-6-12(24-2)9-15(14)19/h3-10H,1-2H3,(H,20,22)(H,21,23)/t10-/m0/s1. The quantitative estimate of drug-likeness (QED) is 0.743. The van der Waals surface area contributed by atoms with E-state index >= 15 is 0 Å². The van der Waals surface area contributed by atoms with Crippen molar-refractivity contribution >= 4 is 27.7 Å². The zero-order chi connectivity index (χ0) is 18.4.